The molecule has 3 nitrogen and oxygen atoms in total. The predicted octanol–water partition coefficient (Wildman–Crippen LogP) is 3.69. The molecule has 0 amide bonds. The highest BCUT2D eigenvalue weighted by Crippen LogP contribution is 2.35. The Hall–Kier alpha value is -1.07. The zero-order chi connectivity index (χ0) is 12.5. The van der Waals surface area contributed by atoms with E-state index in [-0.39, 0.29) is 0 Å². The summed E-state index contributed by atoms with van der Waals surface area (Å²) in [5, 5.41) is 3.37. The molecule has 0 atom stereocenters. The Morgan fingerprint density at radius 1 is 1.28 bits per heavy atom. The van der Waals surface area contributed by atoms with Gasteiger partial charge in [-0.3, -0.25) is 0 Å². The van der Waals surface area contributed by atoms with E-state index in [0.29, 0.717) is 0 Å². The normalized spacial score (nSPS) is 13.7. The van der Waals surface area contributed by atoms with Crippen molar-refractivity contribution in [3.63, 3.8) is 0 Å². The summed E-state index contributed by atoms with van der Waals surface area (Å²) < 4.78 is 0. The van der Waals surface area contributed by atoms with Crippen molar-refractivity contribution < 1.29 is 0 Å². The first-order valence-corrected chi connectivity index (χ1v) is 8.03. The summed E-state index contributed by atoms with van der Waals surface area (Å²) in [5.41, 5.74) is 2.49. The van der Waals surface area contributed by atoms with E-state index in [2.05, 4.69) is 31.3 Å². The Bertz CT molecular complexity index is 578. The monoisotopic (exact) mass is 277 g/mol. The summed E-state index contributed by atoms with van der Waals surface area (Å²) in [6, 6.07) is 4.23. The number of nitrogens with one attached hydrogen (secondary N) is 1. The van der Waals surface area contributed by atoms with Crippen molar-refractivity contribution in [2.75, 3.05) is 11.9 Å². The van der Waals surface area contributed by atoms with Crippen LogP contribution in [0.5, 0.6) is 0 Å². The third-order valence-corrected chi connectivity index (χ3v) is 4.85. The van der Waals surface area contributed by atoms with Crippen LogP contribution in [0.25, 0.3) is 10.7 Å². The smallest absolute Gasteiger partial charge is 0.171 e. The maximum Gasteiger partial charge on any atom is 0.171 e. The lowest BCUT2D eigenvalue weighted by atomic mass is 10.2. The molecule has 0 bridgehead atoms. The number of hydrogen-bond donors (Lipinski definition) is 1. The van der Waals surface area contributed by atoms with Gasteiger partial charge in [-0.1, -0.05) is 0 Å². The first-order chi connectivity index (χ1) is 8.78. The van der Waals surface area contributed by atoms with Crippen molar-refractivity contribution >= 4 is 28.9 Å². The maximum absolute atomic E-state index is 4.72. The Balaban J connectivity index is 2.08. The number of thiophene rings is 1. The molecular formula is C13H15N3S2. The van der Waals surface area contributed by atoms with Gasteiger partial charge >= 0.3 is 0 Å². The van der Waals surface area contributed by atoms with E-state index in [9.17, 15) is 0 Å². The molecule has 1 aliphatic rings. The minimum atomic E-state index is 0.866. The minimum absolute atomic E-state index is 0.866. The molecule has 3 heterocycles. The second-order valence-electron chi connectivity index (χ2n) is 4.25. The van der Waals surface area contributed by atoms with Gasteiger partial charge in [-0.25, -0.2) is 9.97 Å². The molecule has 3 rings (SSSR count). The van der Waals surface area contributed by atoms with Gasteiger partial charge in [-0.05, 0) is 26.0 Å². The lowest BCUT2D eigenvalue weighted by molar-refractivity contribution is 1.05. The minimum Gasteiger partial charge on any atom is -0.370 e. The van der Waals surface area contributed by atoms with Crippen molar-refractivity contribution in [3.05, 3.63) is 28.3 Å². The summed E-state index contributed by atoms with van der Waals surface area (Å²) in [7, 11) is 0. The Morgan fingerprint density at radius 2 is 2.17 bits per heavy atom. The number of anilines is 1. The van der Waals surface area contributed by atoms with E-state index in [1.807, 2.05) is 11.8 Å². The number of fused-ring (bicyclic) bond motifs is 1. The highest BCUT2D eigenvalue weighted by molar-refractivity contribution is 7.98. The van der Waals surface area contributed by atoms with Crippen LogP contribution in [-0.2, 0) is 11.5 Å². The molecule has 2 aromatic heterocycles. The first-order valence-electron chi connectivity index (χ1n) is 6.06. The average molecular weight is 277 g/mol. The lowest BCUT2D eigenvalue weighted by Gasteiger charge is -2.09. The van der Waals surface area contributed by atoms with Crippen LogP contribution in [0.15, 0.2) is 12.1 Å². The number of nitrogens with zero attached hydrogens (tertiary/aromatic N) is 2. The van der Waals surface area contributed by atoms with Crippen LogP contribution in [0.3, 0.4) is 0 Å². The quantitative estimate of drug-likeness (QED) is 0.928. The molecule has 0 unspecified atom stereocenters. The number of aromatic nitrogens is 2. The van der Waals surface area contributed by atoms with Crippen LogP contribution in [0.2, 0.25) is 0 Å². The molecule has 0 saturated heterocycles. The molecule has 18 heavy (non-hydrogen) atoms. The van der Waals surface area contributed by atoms with Gasteiger partial charge in [0.1, 0.15) is 5.82 Å². The first kappa shape index (κ1) is 12.0. The topological polar surface area (TPSA) is 37.8 Å². The van der Waals surface area contributed by atoms with Crippen LogP contribution in [0.4, 0.5) is 5.82 Å². The van der Waals surface area contributed by atoms with E-state index < -0.39 is 0 Å². The Kier molecular flexibility index (Phi) is 3.26. The van der Waals surface area contributed by atoms with Gasteiger partial charge in [0.2, 0.25) is 0 Å². The van der Waals surface area contributed by atoms with Gasteiger partial charge in [-0.15, -0.1) is 11.3 Å². The van der Waals surface area contributed by atoms with Gasteiger partial charge in [0.05, 0.1) is 10.6 Å². The highest BCUT2D eigenvalue weighted by atomic mass is 32.2. The largest absolute Gasteiger partial charge is 0.370 e. The second-order valence-corrected chi connectivity index (χ2v) is 6.53. The summed E-state index contributed by atoms with van der Waals surface area (Å²) in [6.45, 7) is 5.12. The van der Waals surface area contributed by atoms with Crippen LogP contribution in [0.1, 0.15) is 23.1 Å². The van der Waals surface area contributed by atoms with Gasteiger partial charge in [-0.2, -0.15) is 11.8 Å². The van der Waals surface area contributed by atoms with E-state index in [1.54, 1.807) is 11.3 Å². The van der Waals surface area contributed by atoms with Gasteiger partial charge in [0, 0.05) is 28.5 Å². The van der Waals surface area contributed by atoms with Gasteiger partial charge < -0.3 is 5.32 Å². The predicted molar refractivity (Wildman–Crippen MR) is 79.2 cm³/mol. The van der Waals surface area contributed by atoms with E-state index in [4.69, 9.17) is 9.97 Å². The van der Waals surface area contributed by atoms with Gasteiger partial charge in [0.25, 0.3) is 0 Å². The van der Waals surface area contributed by atoms with Crippen molar-refractivity contribution in [2.24, 2.45) is 0 Å². The van der Waals surface area contributed by atoms with Crippen molar-refractivity contribution in [2.45, 2.75) is 25.4 Å². The summed E-state index contributed by atoms with van der Waals surface area (Å²) in [4.78, 5) is 11.9. The fourth-order valence-corrected chi connectivity index (χ4v) is 3.87. The SMILES string of the molecule is CCNc1nc(-c2ccc(C)s2)nc2c1CSC2. The van der Waals surface area contributed by atoms with Gasteiger partial charge in [0.15, 0.2) is 5.82 Å². The molecule has 0 radical (unpaired) electrons. The molecule has 0 aromatic carbocycles. The van der Waals surface area contributed by atoms with Crippen LogP contribution >= 0.6 is 23.1 Å². The fraction of sp³-hybridized carbons (Fsp3) is 0.385. The lowest BCUT2D eigenvalue weighted by Crippen LogP contribution is -2.06. The third kappa shape index (κ3) is 2.12. The molecule has 2 aromatic rings. The zero-order valence-electron chi connectivity index (χ0n) is 10.5. The molecule has 1 N–H and O–H groups in total. The summed E-state index contributed by atoms with van der Waals surface area (Å²) in [5.74, 6) is 3.92. The van der Waals surface area contributed by atoms with E-state index in [0.717, 1.165) is 34.6 Å². The maximum atomic E-state index is 4.72. The standard InChI is InChI=1S/C13H15N3S2/c1-3-14-12-9-6-17-7-10(9)15-13(16-12)11-5-4-8(2)18-11/h4-5H,3,6-7H2,1-2H3,(H,14,15,16). The summed E-state index contributed by atoms with van der Waals surface area (Å²) >= 11 is 3.67. The second kappa shape index (κ2) is 4.90. The third-order valence-electron chi connectivity index (χ3n) is 2.88. The number of thioether (sulfide) groups is 1. The van der Waals surface area contributed by atoms with Crippen LogP contribution < -0.4 is 5.32 Å². The van der Waals surface area contributed by atoms with Crippen LogP contribution in [-0.4, -0.2) is 16.5 Å². The Morgan fingerprint density at radius 3 is 2.89 bits per heavy atom. The zero-order valence-corrected chi connectivity index (χ0v) is 12.1. The Labute approximate surface area is 115 Å². The molecule has 0 aliphatic carbocycles. The van der Waals surface area contributed by atoms with Crippen molar-refractivity contribution in [3.8, 4) is 10.7 Å². The molecule has 0 fully saturated rings. The number of aryl methyl sites for hydroxylation is 1. The average Bonchev–Trinajstić information content (AvgIpc) is 2.97. The molecule has 5 heteroatoms. The molecule has 94 valence electrons. The van der Waals surface area contributed by atoms with E-state index in [1.165, 1.54) is 16.1 Å². The summed E-state index contributed by atoms with van der Waals surface area (Å²) in [6.07, 6.45) is 0. The molecular weight excluding hydrogens is 262 g/mol. The molecule has 0 saturated carbocycles. The highest BCUT2D eigenvalue weighted by Gasteiger charge is 2.20. The number of rotatable bonds is 3. The number of hydrogen-bond acceptors (Lipinski definition) is 5. The molecule has 1 aliphatic heterocycles. The van der Waals surface area contributed by atoms with Crippen molar-refractivity contribution in [1.29, 1.82) is 0 Å². The van der Waals surface area contributed by atoms with Crippen molar-refractivity contribution in [1.82, 2.24) is 9.97 Å². The molecule has 0 spiro atoms. The fourth-order valence-electron chi connectivity index (χ4n) is 2.03. The van der Waals surface area contributed by atoms with Crippen LogP contribution in [0, 0.1) is 6.92 Å². The van der Waals surface area contributed by atoms with E-state index >= 15 is 0 Å².